The van der Waals surface area contributed by atoms with Gasteiger partial charge in [0, 0.05) is 5.56 Å². The van der Waals surface area contributed by atoms with Crippen molar-refractivity contribution in [2.24, 2.45) is 0 Å². The standard InChI is InChI=1S/C12H11N5O2S/c1-18-9-4-2-8(3-5-9)11-15-10(19-17-11)6-20-12-13-7-14-16-12/h2-5,7H,6H2,1H3,(H,13,14,16). The molecule has 0 saturated heterocycles. The summed E-state index contributed by atoms with van der Waals surface area (Å²) in [6, 6.07) is 7.48. The van der Waals surface area contributed by atoms with Crippen LogP contribution in [-0.4, -0.2) is 32.4 Å². The first-order chi connectivity index (χ1) is 9.85. The highest BCUT2D eigenvalue weighted by Crippen LogP contribution is 2.22. The maximum Gasteiger partial charge on any atom is 0.237 e. The van der Waals surface area contributed by atoms with Gasteiger partial charge in [0.1, 0.15) is 12.1 Å². The number of aromatic amines is 1. The summed E-state index contributed by atoms with van der Waals surface area (Å²) in [7, 11) is 1.63. The van der Waals surface area contributed by atoms with Crippen LogP contribution >= 0.6 is 11.8 Å². The Morgan fingerprint density at radius 1 is 1.30 bits per heavy atom. The van der Waals surface area contributed by atoms with E-state index in [1.807, 2.05) is 24.3 Å². The smallest absolute Gasteiger partial charge is 0.237 e. The van der Waals surface area contributed by atoms with Crippen molar-refractivity contribution >= 4 is 11.8 Å². The lowest BCUT2D eigenvalue weighted by Crippen LogP contribution is -1.85. The second-order valence-corrected chi connectivity index (χ2v) is 4.78. The highest BCUT2D eigenvalue weighted by atomic mass is 32.2. The number of benzene rings is 1. The quantitative estimate of drug-likeness (QED) is 0.720. The van der Waals surface area contributed by atoms with Gasteiger partial charge in [-0.15, -0.1) is 0 Å². The third-order valence-electron chi connectivity index (χ3n) is 2.54. The topological polar surface area (TPSA) is 89.7 Å². The van der Waals surface area contributed by atoms with Gasteiger partial charge < -0.3 is 9.26 Å². The molecule has 1 N–H and O–H groups in total. The molecule has 0 bridgehead atoms. The average molecular weight is 289 g/mol. The van der Waals surface area contributed by atoms with E-state index in [9.17, 15) is 0 Å². The molecule has 7 nitrogen and oxygen atoms in total. The van der Waals surface area contributed by atoms with E-state index >= 15 is 0 Å². The van der Waals surface area contributed by atoms with Crippen LogP contribution in [-0.2, 0) is 5.75 Å². The van der Waals surface area contributed by atoms with Crippen LogP contribution in [0.4, 0.5) is 0 Å². The normalized spacial score (nSPS) is 10.7. The first-order valence-corrected chi connectivity index (χ1v) is 6.79. The van der Waals surface area contributed by atoms with Gasteiger partial charge in [-0.3, -0.25) is 5.10 Å². The number of methoxy groups -OCH3 is 1. The third-order valence-corrected chi connectivity index (χ3v) is 3.40. The predicted octanol–water partition coefficient (Wildman–Crippen LogP) is 2.16. The van der Waals surface area contributed by atoms with Crippen LogP contribution in [0.1, 0.15) is 5.89 Å². The van der Waals surface area contributed by atoms with Crippen LogP contribution < -0.4 is 4.74 Å². The number of hydrogen-bond acceptors (Lipinski definition) is 7. The molecule has 0 radical (unpaired) electrons. The van der Waals surface area contributed by atoms with Crippen molar-refractivity contribution in [1.82, 2.24) is 25.3 Å². The van der Waals surface area contributed by atoms with Crippen molar-refractivity contribution in [3.63, 3.8) is 0 Å². The number of nitrogens with one attached hydrogen (secondary N) is 1. The summed E-state index contributed by atoms with van der Waals surface area (Å²) in [4.78, 5) is 8.34. The lowest BCUT2D eigenvalue weighted by molar-refractivity contribution is 0.391. The number of hydrogen-bond donors (Lipinski definition) is 1. The Morgan fingerprint density at radius 2 is 2.15 bits per heavy atom. The van der Waals surface area contributed by atoms with Crippen LogP contribution in [0.2, 0.25) is 0 Å². The van der Waals surface area contributed by atoms with Gasteiger partial charge >= 0.3 is 0 Å². The fourth-order valence-corrected chi connectivity index (χ4v) is 2.18. The zero-order valence-electron chi connectivity index (χ0n) is 10.6. The van der Waals surface area contributed by atoms with Gasteiger partial charge in [0.05, 0.1) is 12.9 Å². The van der Waals surface area contributed by atoms with Crippen molar-refractivity contribution < 1.29 is 9.26 Å². The third kappa shape index (κ3) is 2.80. The lowest BCUT2D eigenvalue weighted by atomic mass is 10.2. The van der Waals surface area contributed by atoms with Gasteiger partial charge in [0.25, 0.3) is 0 Å². The Kier molecular flexibility index (Phi) is 3.64. The van der Waals surface area contributed by atoms with Gasteiger partial charge in [0.15, 0.2) is 5.16 Å². The maximum absolute atomic E-state index is 5.20. The van der Waals surface area contributed by atoms with Crippen LogP contribution in [0.15, 0.2) is 40.3 Å². The Morgan fingerprint density at radius 3 is 2.85 bits per heavy atom. The molecule has 1 aromatic carbocycles. The zero-order chi connectivity index (χ0) is 13.8. The highest BCUT2D eigenvalue weighted by Gasteiger charge is 2.09. The second kappa shape index (κ2) is 5.74. The Hall–Kier alpha value is -2.35. The average Bonchev–Trinajstić information content (AvgIpc) is 3.17. The summed E-state index contributed by atoms with van der Waals surface area (Å²) in [5.41, 5.74) is 0.880. The Balaban J connectivity index is 1.69. The van der Waals surface area contributed by atoms with Crippen molar-refractivity contribution in [3.8, 4) is 17.1 Å². The van der Waals surface area contributed by atoms with Crippen molar-refractivity contribution in [2.75, 3.05) is 7.11 Å². The molecule has 0 spiro atoms. The molecule has 20 heavy (non-hydrogen) atoms. The molecule has 8 heteroatoms. The summed E-state index contributed by atoms with van der Waals surface area (Å²) < 4.78 is 10.3. The molecular formula is C12H11N5O2S. The van der Waals surface area contributed by atoms with E-state index in [0.717, 1.165) is 11.3 Å². The Labute approximate surface area is 118 Å². The Bertz CT molecular complexity index is 665. The summed E-state index contributed by atoms with van der Waals surface area (Å²) in [5, 5.41) is 11.2. The fraction of sp³-hybridized carbons (Fsp3) is 0.167. The summed E-state index contributed by atoms with van der Waals surface area (Å²) in [5.74, 6) is 2.43. The number of H-pyrrole nitrogens is 1. The van der Waals surface area contributed by atoms with Gasteiger partial charge in [-0.25, -0.2) is 4.98 Å². The summed E-state index contributed by atoms with van der Waals surface area (Å²) in [6.45, 7) is 0. The van der Waals surface area contributed by atoms with Gasteiger partial charge in [-0.05, 0) is 24.3 Å². The van der Waals surface area contributed by atoms with Crippen molar-refractivity contribution in [1.29, 1.82) is 0 Å². The monoisotopic (exact) mass is 289 g/mol. The minimum absolute atomic E-state index is 0.539. The maximum atomic E-state index is 5.20. The molecule has 0 aliphatic heterocycles. The van der Waals surface area contributed by atoms with E-state index in [0.29, 0.717) is 22.6 Å². The molecule has 0 aliphatic carbocycles. The molecule has 0 unspecified atom stereocenters. The van der Waals surface area contributed by atoms with Crippen LogP contribution in [0, 0.1) is 0 Å². The molecule has 0 fully saturated rings. The molecular weight excluding hydrogens is 278 g/mol. The molecule has 0 aliphatic rings. The molecule has 3 rings (SSSR count). The van der Waals surface area contributed by atoms with E-state index in [2.05, 4.69) is 25.3 Å². The predicted molar refractivity (Wildman–Crippen MR) is 72.2 cm³/mol. The second-order valence-electron chi connectivity index (χ2n) is 3.82. The number of nitrogens with zero attached hydrogens (tertiary/aromatic N) is 4. The highest BCUT2D eigenvalue weighted by molar-refractivity contribution is 7.98. The minimum Gasteiger partial charge on any atom is -0.497 e. The zero-order valence-corrected chi connectivity index (χ0v) is 11.4. The molecule has 102 valence electrons. The van der Waals surface area contributed by atoms with E-state index in [1.165, 1.54) is 18.1 Å². The lowest BCUT2D eigenvalue weighted by Gasteiger charge is -1.98. The van der Waals surface area contributed by atoms with E-state index < -0.39 is 0 Å². The largest absolute Gasteiger partial charge is 0.497 e. The van der Waals surface area contributed by atoms with Crippen LogP contribution in [0.3, 0.4) is 0 Å². The fourth-order valence-electron chi connectivity index (χ4n) is 1.56. The number of rotatable bonds is 5. The van der Waals surface area contributed by atoms with E-state index in [1.54, 1.807) is 7.11 Å². The number of aromatic nitrogens is 5. The van der Waals surface area contributed by atoms with Crippen molar-refractivity contribution in [2.45, 2.75) is 10.9 Å². The van der Waals surface area contributed by atoms with Crippen LogP contribution in [0.25, 0.3) is 11.4 Å². The molecule has 0 amide bonds. The van der Waals surface area contributed by atoms with Crippen LogP contribution in [0.5, 0.6) is 5.75 Å². The van der Waals surface area contributed by atoms with Gasteiger partial charge in [-0.1, -0.05) is 16.9 Å². The summed E-state index contributed by atoms with van der Waals surface area (Å²) in [6.07, 6.45) is 1.46. The van der Waals surface area contributed by atoms with Gasteiger partial charge in [-0.2, -0.15) is 10.1 Å². The first kappa shape index (κ1) is 12.7. The molecule has 0 atom stereocenters. The first-order valence-electron chi connectivity index (χ1n) is 5.80. The van der Waals surface area contributed by atoms with E-state index in [-0.39, 0.29) is 0 Å². The molecule has 2 aromatic heterocycles. The van der Waals surface area contributed by atoms with Crippen molar-refractivity contribution in [3.05, 3.63) is 36.5 Å². The molecule has 2 heterocycles. The minimum atomic E-state index is 0.539. The number of ether oxygens (including phenoxy) is 1. The summed E-state index contributed by atoms with van der Waals surface area (Å²) >= 11 is 1.45. The SMILES string of the molecule is COc1ccc(-c2noc(CSc3ncn[nH]3)n2)cc1. The molecule has 0 saturated carbocycles. The van der Waals surface area contributed by atoms with E-state index in [4.69, 9.17) is 9.26 Å². The van der Waals surface area contributed by atoms with Gasteiger partial charge in [0.2, 0.25) is 11.7 Å². The number of thioether (sulfide) groups is 1. The molecule has 3 aromatic rings.